The average molecular weight is 299 g/mol. The van der Waals surface area contributed by atoms with E-state index in [9.17, 15) is 9.59 Å². The molecule has 6 heteroatoms. The summed E-state index contributed by atoms with van der Waals surface area (Å²) in [6.07, 6.45) is -0.129. The number of benzene rings is 1. The van der Waals surface area contributed by atoms with Crippen LogP contribution in [0.15, 0.2) is 24.3 Å². The van der Waals surface area contributed by atoms with Gasteiger partial charge in [-0.25, -0.2) is 4.79 Å². The molecule has 1 aromatic carbocycles. The van der Waals surface area contributed by atoms with Gasteiger partial charge in [-0.15, -0.1) is 0 Å². The summed E-state index contributed by atoms with van der Waals surface area (Å²) < 4.78 is 4.53. The third-order valence-electron chi connectivity index (χ3n) is 2.63. The molecule has 0 aromatic heterocycles. The molecular weight excluding hydrogens is 280 g/mol. The number of ether oxygens (including phenoxy) is 1. The molecule has 20 heavy (non-hydrogen) atoms. The monoisotopic (exact) mass is 298 g/mol. The topological polar surface area (TPSA) is 67.4 Å². The number of methoxy groups -OCH3 is 1. The number of hydrogen-bond donors (Lipinski definition) is 2. The minimum atomic E-state index is -0.668. The Balaban J connectivity index is 2.77. The van der Waals surface area contributed by atoms with Crippen molar-refractivity contribution in [3.8, 4) is 0 Å². The fraction of sp³-hybridized carbons (Fsp3) is 0.429. The van der Waals surface area contributed by atoms with Crippen LogP contribution in [0.25, 0.3) is 0 Å². The maximum atomic E-state index is 12.2. The fourth-order valence-corrected chi connectivity index (χ4v) is 1.87. The zero-order valence-corrected chi connectivity index (χ0v) is 12.5. The van der Waals surface area contributed by atoms with Crippen molar-refractivity contribution in [3.63, 3.8) is 0 Å². The number of rotatable bonds is 5. The second kappa shape index (κ2) is 7.75. The second-order valence-electron chi connectivity index (χ2n) is 4.79. The molecule has 0 bridgehead atoms. The van der Waals surface area contributed by atoms with Crippen molar-refractivity contribution < 1.29 is 14.3 Å². The van der Waals surface area contributed by atoms with E-state index in [1.807, 2.05) is 13.8 Å². The van der Waals surface area contributed by atoms with Gasteiger partial charge in [-0.2, -0.15) is 0 Å². The quantitative estimate of drug-likeness (QED) is 0.878. The van der Waals surface area contributed by atoms with Crippen molar-refractivity contribution in [2.24, 2.45) is 5.92 Å². The van der Waals surface area contributed by atoms with Gasteiger partial charge in [0.1, 0.15) is 6.04 Å². The predicted molar refractivity (Wildman–Crippen MR) is 78.9 cm³/mol. The molecule has 0 saturated heterocycles. The highest BCUT2D eigenvalue weighted by Crippen LogP contribution is 2.21. The number of hydrogen-bond acceptors (Lipinski definition) is 3. The molecule has 1 rings (SSSR count). The maximum Gasteiger partial charge on any atom is 0.407 e. The van der Waals surface area contributed by atoms with Crippen LogP contribution < -0.4 is 10.6 Å². The molecule has 0 radical (unpaired) electrons. The van der Waals surface area contributed by atoms with E-state index in [2.05, 4.69) is 15.4 Å². The number of carbonyl (C=O) groups excluding carboxylic acids is 2. The number of halogens is 1. The van der Waals surface area contributed by atoms with E-state index in [0.717, 1.165) is 0 Å². The molecule has 0 saturated carbocycles. The Hall–Kier alpha value is -1.75. The van der Waals surface area contributed by atoms with Crippen molar-refractivity contribution >= 4 is 29.3 Å². The van der Waals surface area contributed by atoms with Crippen LogP contribution in [0.2, 0.25) is 5.02 Å². The van der Waals surface area contributed by atoms with Crippen molar-refractivity contribution in [1.29, 1.82) is 0 Å². The van der Waals surface area contributed by atoms with Crippen LogP contribution in [0, 0.1) is 5.92 Å². The van der Waals surface area contributed by atoms with Gasteiger partial charge >= 0.3 is 6.09 Å². The van der Waals surface area contributed by atoms with E-state index in [4.69, 9.17) is 11.6 Å². The first-order valence-corrected chi connectivity index (χ1v) is 6.71. The van der Waals surface area contributed by atoms with Gasteiger partial charge in [0.05, 0.1) is 17.8 Å². The van der Waals surface area contributed by atoms with E-state index in [1.165, 1.54) is 7.11 Å². The summed E-state index contributed by atoms with van der Waals surface area (Å²) in [6.45, 7) is 3.93. The number of carbonyl (C=O) groups is 2. The fourth-order valence-electron chi connectivity index (χ4n) is 1.69. The van der Waals surface area contributed by atoms with Gasteiger partial charge in [0.2, 0.25) is 5.91 Å². The molecule has 1 atom stereocenters. The lowest BCUT2D eigenvalue weighted by Gasteiger charge is -2.19. The molecule has 2 amide bonds. The molecule has 0 unspecified atom stereocenters. The predicted octanol–water partition coefficient (Wildman–Crippen LogP) is 3.05. The summed E-state index contributed by atoms with van der Waals surface area (Å²) in [5, 5.41) is 5.67. The van der Waals surface area contributed by atoms with Gasteiger partial charge in [-0.05, 0) is 24.5 Å². The van der Waals surface area contributed by atoms with Crippen LogP contribution in [0.4, 0.5) is 10.5 Å². The summed E-state index contributed by atoms with van der Waals surface area (Å²) >= 11 is 5.98. The molecular formula is C14H19ClN2O3. The Labute approximate surface area is 123 Å². The highest BCUT2D eigenvalue weighted by Gasteiger charge is 2.22. The van der Waals surface area contributed by atoms with E-state index in [0.29, 0.717) is 17.1 Å². The van der Waals surface area contributed by atoms with Crippen molar-refractivity contribution in [1.82, 2.24) is 5.32 Å². The first-order valence-electron chi connectivity index (χ1n) is 6.34. The molecule has 0 fully saturated rings. The smallest absolute Gasteiger partial charge is 0.407 e. The van der Waals surface area contributed by atoms with E-state index in [1.54, 1.807) is 24.3 Å². The molecule has 1 aromatic rings. The Morgan fingerprint density at radius 2 is 1.95 bits per heavy atom. The number of para-hydroxylation sites is 1. The molecule has 110 valence electrons. The van der Waals surface area contributed by atoms with Gasteiger partial charge in [0.15, 0.2) is 0 Å². The zero-order valence-electron chi connectivity index (χ0n) is 11.8. The van der Waals surface area contributed by atoms with E-state index < -0.39 is 12.1 Å². The number of nitrogens with one attached hydrogen (secondary N) is 2. The summed E-state index contributed by atoms with van der Waals surface area (Å²) in [5.41, 5.74) is 0.514. The largest absolute Gasteiger partial charge is 0.453 e. The van der Waals surface area contributed by atoms with Gasteiger partial charge < -0.3 is 15.4 Å². The molecule has 2 N–H and O–H groups in total. The molecule has 0 aliphatic rings. The lowest BCUT2D eigenvalue weighted by atomic mass is 10.0. The Bertz CT molecular complexity index is 477. The SMILES string of the molecule is COC(=O)N[C@@H](CC(C)C)C(=O)Nc1ccccc1Cl. The minimum Gasteiger partial charge on any atom is -0.453 e. The van der Waals surface area contributed by atoms with Gasteiger partial charge in [0, 0.05) is 0 Å². The summed E-state index contributed by atoms with van der Waals surface area (Å²) in [4.78, 5) is 23.5. The van der Waals surface area contributed by atoms with E-state index in [-0.39, 0.29) is 11.8 Å². The molecule has 0 heterocycles. The number of amides is 2. The van der Waals surface area contributed by atoms with Crippen LogP contribution in [0.5, 0.6) is 0 Å². The Kier molecular flexibility index (Phi) is 6.31. The molecule has 0 spiro atoms. The summed E-state index contributed by atoms with van der Waals surface area (Å²) in [7, 11) is 1.26. The number of alkyl carbamates (subject to hydrolysis) is 1. The molecule has 5 nitrogen and oxygen atoms in total. The lowest BCUT2D eigenvalue weighted by molar-refractivity contribution is -0.118. The first kappa shape index (κ1) is 16.3. The number of anilines is 1. The highest BCUT2D eigenvalue weighted by atomic mass is 35.5. The first-order chi connectivity index (χ1) is 9.43. The Morgan fingerprint density at radius 3 is 2.50 bits per heavy atom. The van der Waals surface area contributed by atoms with Crippen LogP contribution in [0.3, 0.4) is 0 Å². The summed E-state index contributed by atoms with van der Waals surface area (Å²) in [6, 6.07) is 6.26. The van der Waals surface area contributed by atoms with E-state index >= 15 is 0 Å². The van der Waals surface area contributed by atoms with Crippen molar-refractivity contribution in [2.75, 3.05) is 12.4 Å². The lowest BCUT2D eigenvalue weighted by Crippen LogP contribution is -2.44. The highest BCUT2D eigenvalue weighted by molar-refractivity contribution is 6.33. The molecule has 0 aliphatic heterocycles. The second-order valence-corrected chi connectivity index (χ2v) is 5.19. The average Bonchev–Trinajstić information content (AvgIpc) is 2.39. The van der Waals surface area contributed by atoms with Crippen LogP contribution >= 0.6 is 11.6 Å². The third-order valence-corrected chi connectivity index (χ3v) is 2.96. The minimum absolute atomic E-state index is 0.245. The third kappa shape index (κ3) is 5.09. The Morgan fingerprint density at radius 1 is 1.30 bits per heavy atom. The van der Waals surface area contributed by atoms with Crippen LogP contribution in [0.1, 0.15) is 20.3 Å². The van der Waals surface area contributed by atoms with Crippen LogP contribution in [-0.2, 0) is 9.53 Å². The van der Waals surface area contributed by atoms with Gasteiger partial charge in [0.25, 0.3) is 0 Å². The van der Waals surface area contributed by atoms with Gasteiger partial charge in [-0.3, -0.25) is 4.79 Å². The van der Waals surface area contributed by atoms with Gasteiger partial charge in [-0.1, -0.05) is 37.6 Å². The zero-order chi connectivity index (χ0) is 15.1. The summed E-state index contributed by atoms with van der Waals surface area (Å²) in [5.74, 6) is -0.0775. The standard InChI is InChI=1S/C14H19ClN2O3/c1-9(2)8-12(17-14(19)20-3)13(18)16-11-7-5-4-6-10(11)15/h4-7,9,12H,8H2,1-3H3,(H,16,18)(H,17,19)/t12-/m0/s1. The maximum absolute atomic E-state index is 12.2. The van der Waals surface area contributed by atoms with Crippen LogP contribution in [-0.4, -0.2) is 25.2 Å². The van der Waals surface area contributed by atoms with Crippen molar-refractivity contribution in [2.45, 2.75) is 26.3 Å². The normalized spacial score (nSPS) is 11.8. The van der Waals surface area contributed by atoms with Crippen molar-refractivity contribution in [3.05, 3.63) is 29.3 Å². The molecule has 0 aliphatic carbocycles.